The molecule has 0 radical (unpaired) electrons. The van der Waals surface area contributed by atoms with Gasteiger partial charge in [0, 0.05) is 25.7 Å². The van der Waals surface area contributed by atoms with Crippen LogP contribution in [0.4, 0.5) is 5.69 Å². The van der Waals surface area contributed by atoms with Gasteiger partial charge in [0.2, 0.25) is 5.91 Å². The quantitative estimate of drug-likeness (QED) is 0.601. The summed E-state index contributed by atoms with van der Waals surface area (Å²) in [7, 11) is -5.61. The fraction of sp³-hybridized carbons (Fsp3) is 0.556. The van der Waals surface area contributed by atoms with Crippen LogP contribution < -0.4 is 5.32 Å². The maximum atomic E-state index is 12.5. The molecular formula is C18H27N3O5S2. The van der Waals surface area contributed by atoms with Crippen molar-refractivity contribution in [3.63, 3.8) is 0 Å². The van der Waals surface area contributed by atoms with Crippen LogP contribution in [0.2, 0.25) is 0 Å². The molecule has 1 aliphatic heterocycles. The molecule has 28 heavy (non-hydrogen) atoms. The van der Waals surface area contributed by atoms with Crippen LogP contribution in [0.3, 0.4) is 0 Å². The number of amidine groups is 1. The van der Waals surface area contributed by atoms with E-state index in [9.17, 15) is 21.6 Å². The van der Waals surface area contributed by atoms with Crippen LogP contribution in [0, 0.1) is 0 Å². The van der Waals surface area contributed by atoms with Crippen LogP contribution in [0.25, 0.3) is 0 Å². The van der Waals surface area contributed by atoms with Gasteiger partial charge in [-0.2, -0.15) is 8.42 Å². The van der Waals surface area contributed by atoms with E-state index in [-0.39, 0.29) is 16.3 Å². The molecule has 1 aromatic carbocycles. The van der Waals surface area contributed by atoms with E-state index in [4.69, 9.17) is 0 Å². The van der Waals surface area contributed by atoms with Gasteiger partial charge in [-0.05, 0) is 31.0 Å². The summed E-state index contributed by atoms with van der Waals surface area (Å²) in [5.74, 6) is -0.838. The van der Waals surface area contributed by atoms with Crippen molar-refractivity contribution in [2.45, 2.75) is 43.9 Å². The topological polar surface area (TPSA) is 113 Å². The second-order valence-electron chi connectivity index (χ2n) is 6.88. The summed E-state index contributed by atoms with van der Waals surface area (Å²) in [5, 5.41) is 2.46. The number of likely N-dealkylation sites (tertiary alicyclic amines) is 1. The number of carbonyl (C=O) groups excluding carboxylic acids is 1. The number of nitrogens with zero attached hydrogens (tertiary/aromatic N) is 2. The predicted molar refractivity (Wildman–Crippen MR) is 110 cm³/mol. The molecule has 1 heterocycles. The molecule has 0 spiro atoms. The molecule has 8 nitrogen and oxygen atoms in total. The molecule has 1 amide bonds. The highest BCUT2D eigenvalue weighted by atomic mass is 32.2. The van der Waals surface area contributed by atoms with E-state index in [1.165, 1.54) is 24.3 Å². The Morgan fingerprint density at radius 3 is 2.61 bits per heavy atom. The van der Waals surface area contributed by atoms with Gasteiger partial charge >= 0.3 is 0 Å². The lowest BCUT2D eigenvalue weighted by molar-refractivity contribution is -0.113. The average molecular weight is 430 g/mol. The van der Waals surface area contributed by atoms with Crippen LogP contribution in [0.5, 0.6) is 0 Å². The lowest BCUT2D eigenvalue weighted by Crippen LogP contribution is -2.24. The van der Waals surface area contributed by atoms with Gasteiger partial charge in [0.15, 0.2) is 9.84 Å². The highest BCUT2D eigenvalue weighted by Gasteiger charge is 2.21. The summed E-state index contributed by atoms with van der Waals surface area (Å²) >= 11 is 0. The van der Waals surface area contributed by atoms with Gasteiger partial charge in [0.25, 0.3) is 10.0 Å². The minimum Gasteiger partial charge on any atom is -0.362 e. The normalized spacial score (nSPS) is 16.5. The molecule has 0 aromatic heterocycles. The number of sulfone groups is 1. The molecule has 1 aliphatic rings. The number of sulfonamides is 1. The number of carbonyl (C=O) groups is 1. The van der Waals surface area contributed by atoms with E-state index in [1.807, 2.05) is 6.92 Å². The van der Waals surface area contributed by atoms with E-state index in [1.54, 1.807) is 11.9 Å². The molecule has 1 aromatic rings. The van der Waals surface area contributed by atoms with E-state index in [0.717, 1.165) is 25.8 Å². The molecule has 10 heteroatoms. The van der Waals surface area contributed by atoms with Gasteiger partial charge in [0.1, 0.15) is 11.6 Å². The van der Waals surface area contributed by atoms with Crippen molar-refractivity contribution in [2.24, 2.45) is 4.40 Å². The van der Waals surface area contributed by atoms with E-state index >= 15 is 0 Å². The van der Waals surface area contributed by atoms with Crippen molar-refractivity contribution in [1.29, 1.82) is 0 Å². The van der Waals surface area contributed by atoms with Crippen molar-refractivity contribution in [3.05, 3.63) is 24.3 Å². The molecule has 0 atom stereocenters. The molecule has 1 fully saturated rings. The van der Waals surface area contributed by atoms with Gasteiger partial charge in [-0.25, -0.2) is 8.42 Å². The summed E-state index contributed by atoms with van der Waals surface area (Å²) in [4.78, 5) is 13.8. The average Bonchev–Trinajstić information content (AvgIpc) is 2.99. The first kappa shape index (κ1) is 22.4. The molecular weight excluding hydrogens is 402 g/mol. The maximum absolute atomic E-state index is 12.5. The second kappa shape index (κ2) is 9.51. The Kier molecular flexibility index (Phi) is 7.59. The van der Waals surface area contributed by atoms with Crippen molar-refractivity contribution in [3.8, 4) is 0 Å². The molecule has 1 N–H and O–H groups in total. The number of anilines is 1. The van der Waals surface area contributed by atoms with Gasteiger partial charge in [-0.3, -0.25) is 4.79 Å². The Bertz CT molecular complexity index is 940. The number of nitrogens with one attached hydrogen (secondary N) is 1. The first-order valence-electron chi connectivity index (χ1n) is 9.28. The van der Waals surface area contributed by atoms with Gasteiger partial charge < -0.3 is 10.2 Å². The van der Waals surface area contributed by atoms with Crippen molar-refractivity contribution < 1.29 is 21.6 Å². The van der Waals surface area contributed by atoms with Crippen molar-refractivity contribution in [2.75, 3.05) is 30.4 Å². The molecule has 0 unspecified atom stereocenters. The fourth-order valence-electron chi connectivity index (χ4n) is 2.88. The summed E-state index contributed by atoms with van der Waals surface area (Å²) in [6.07, 6.45) is 3.66. The molecule has 2 rings (SSSR count). The number of benzene rings is 1. The van der Waals surface area contributed by atoms with Crippen molar-refractivity contribution in [1.82, 2.24) is 4.90 Å². The summed E-state index contributed by atoms with van der Waals surface area (Å²) in [5.41, 5.74) is 0.217. The monoisotopic (exact) mass is 429 g/mol. The summed E-state index contributed by atoms with van der Waals surface area (Å²) in [6.45, 7) is 2.73. The Labute approximate surface area is 167 Å². The van der Waals surface area contributed by atoms with Crippen LogP contribution in [0.15, 0.2) is 33.6 Å². The smallest absolute Gasteiger partial charge is 0.284 e. The molecule has 156 valence electrons. The van der Waals surface area contributed by atoms with Crippen LogP contribution in [-0.4, -0.2) is 58.6 Å². The zero-order valence-corrected chi connectivity index (χ0v) is 17.9. The minimum atomic E-state index is -3.91. The Balaban J connectivity index is 2.07. The van der Waals surface area contributed by atoms with Crippen LogP contribution >= 0.6 is 0 Å². The number of hydrogen-bond acceptors (Lipinski definition) is 5. The highest BCUT2D eigenvalue weighted by molar-refractivity contribution is 7.92. The Morgan fingerprint density at radius 2 is 1.96 bits per heavy atom. The largest absolute Gasteiger partial charge is 0.362 e. The van der Waals surface area contributed by atoms with Gasteiger partial charge in [-0.1, -0.05) is 25.8 Å². The summed E-state index contributed by atoms with van der Waals surface area (Å²) in [6, 6.07) is 5.67. The van der Waals surface area contributed by atoms with Crippen molar-refractivity contribution >= 4 is 37.3 Å². The maximum Gasteiger partial charge on any atom is 0.284 e. The lowest BCUT2D eigenvalue weighted by Gasteiger charge is -2.11. The number of rotatable bonds is 9. The zero-order chi connectivity index (χ0) is 20.8. The van der Waals surface area contributed by atoms with Crippen LogP contribution in [0.1, 0.15) is 39.0 Å². The zero-order valence-electron chi connectivity index (χ0n) is 16.2. The second-order valence-corrected chi connectivity index (χ2v) is 10.7. The van der Waals surface area contributed by atoms with E-state index < -0.39 is 31.5 Å². The molecule has 0 saturated carbocycles. The number of unbranched alkanes of at least 4 members (excludes halogenated alkanes) is 2. The molecule has 0 bridgehead atoms. The standard InChI is InChI=1S/C18H27N3O5S2/c1-3-4-5-12-27(23,24)14-18(22)19-15-8-6-9-16(13-15)28(25,26)20-17-10-7-11-21(17)2/h6,8-9,13H,3-5,7,10-12,14H2,1-2H3,(H,19,22)/b20-17-. The SMILES string of the molecule is CCCCCS(=O)(=O)CC(=O)Nc1cccc(S(=O)(=O)/N=C2/CCCN2C)c1. The molecule has 1 saturated heterocycles. The lowest BCUT2D eigenvalue weighted by atomic mass is 10.3. The first-order valence-corrected chi connectivity index (χ1v) is 12.5. The Hall–Kier alpha value is -1.94. The highest BCUT2D eigenvalue weighted by Crippen LogP contribution is 2.20. The number of amides is 1. The van der Waals surface area contributed by atoms with E-state index in [0.29, 0.717) is 18.7 Å². The third-order valence-electron chi connectivity index (χ3n) is 4.39. The fourth-order valence-corrected chi connectivity index (χ4v) is 5.28. The summed E-state index contributed by atoms with van der Waals surface area (Å²) < 4.78 is 52.9. The van der Waals surface area contributed by atoms with Gasteiger partial charge in [-0.15, -0.1) is 4.40 Å². The van der Waals surface area contributed by atoms with E-state index in [2.05, 4.69) is 9.71 Å². The third-order valence-corrected chi connectivity index (χ3v) is 7.30. The van der Waals surface area contributed by atoms with Gasteiger partial charge in [0.05, 0.1) is 10.6 Å². The van der Waals surface area contributed by atoms with Crippen LogP contribution in [-0.2, 0) is 24.7 Å². The number of hydrogen-bond donors (Lipinski definition) is 1. The molecule has 0 aliphatic carbocycles. The third kappa shape index (κ3) is 6.59. The minimum absolute atomic E-state index is 0.0340. The predicted octanol–water partition coefficient (Wildman–Crippen LogP) is 2.04. The first-order chi connectivity index (χ1) is 13.1. The Morgan fingerprint density at radius 1 is 1.21 bits per heavy atom.